The predicted octanol–water partition coefficient (Wildman–Crippen LogP) is 4.79. The molecule has 7 N–H and O–H groups in total. The van der Waals surface area contributed by atoms with Crippen molar-refractivity contribution in [1.29, 1.82) is 0 Å². The first-order chi connectivity index (χ1) is 16.2. The van der Waals surface area contributed by atoms with Crippen molar-refractivity contribution >= 4 is 11.4 Å². The topological polar surface area (TPSA) is 113 Å². The molecular formula is C15H8F18N2O3. The third-order valence-corrected chi connectivity index (χ3v) is 5.01. The van der Waals surface area contributed by atoms with E-state index in [0.29, 0.717) is 0 Å². The standard InChI is InChI=1S/C15H8F18N2O3/c16-10(17,18)7(36,11(19,20)21)2-1-3(8(37,12(22,23)24)13(25,26)27)6(35)4(5(2)34)9(38,14(28,29)30)15(31,32)33/h1,36-38H,34-35H2. The van der Waals surface area contributed by atoms with Crippen LogP contribution in [0.25, 0.3) is 0 Å². The van der Waals surface area contributed by atoms with Crippen LogP contribution >= 0.6 is 0 Å². The number of alkyl halides is 18. The minimum absolute atomic E-state index is 1.79. The van der Waals surface area contributed by atoms with Crippen molar-refractivity contribution < 1.29 is 94.3 Å². The molecule has 0 bridgehead atoms. The zero-order valence-electron chi connectivity index (χ0n) is 16.9. The molecule has 0 aliphatic heterocycles. The normalized spacial score (nSPS) is 15.7. The summed E-state index contributed by atoms with van der Waals surface area (Å²) in [5.74, 6) is 0. The summed E-state index contributed by atoms with van der Waals surface area (Å²) < 4.78 is 240. The molecule has 1 aromatic rings. The van der Waals surface area contributed by atoms with Crippen molar-refractivity contribution in [3.63, 3.8) is 0 Å². The first kappa shape index (κ1) is 33.5. The third-order valence-electron chi connectivity index (χ3n) is 5.01. The monoisotopic (exact) mass is 606 g/mol. The fourth-order valence-corrected chi connectivity index (χ4v) is 3.08. The van der Waals surface area contributed by atoms with Crippen LogP contribution in [0, 0.1) is 0 Å². The lowest BCUT2D eigenvalue weighted by Crippen LogP contribution is -2.58. The smallest absolute Gasteiger partial charge is 0.398 e. The summed E-state index contributed by atoms with van der Waals surface area (Å²) in [4.78, 5) is 0. The summed E-state index contributed by atoms with van der Waals surface area (Å²) in [7, 11) is 0. The summed E-state index contributed by atoms with van der Waals surface area (Å²) >= 11 is 0. The molecule has 0 saturated heterocycles. The van der Waals surface area contributed by atoms with E-state index in [2.05, 4.69) is 11.5 Å². The van der Waals surface area contributed by atoms with Gasteiger partial charge in [0.05, 0.1) is 0 Å². The molecule has 0 fully saturated rings. The average Bonchev–Trinajstić information content (AvgIpc) is 2.61. The van der Waals surface area contributed by atoms with Crippen LogP contribution < -0.4 is 11.5 Å². The summed E-state index contributed by atoms with van der Waals surface area (Å²) in [5, 5.41) is 28.1. The number of hydrogen-bond donors (Lipinski definition) is 5. The van der Waals surface area contributed by atoms with E-state index in [-0.39, 0.29) is 0 Å². The second-order valence-electron chi connectivity index (χ2n) is 7.29. The highest BCUT2D eigenvalue weighted by atomic mass is 19.4. The van der Waals surface area contributed by atoms with Gasteiger partial charge in [0.15, 0.2) is 0 Å². The van der Waals surface area contributed by atoms with Gasteiger partial charge in [0.1, 0.15) is 0 Å². The lowest BCUT2D eigenvalue weighted by atomic mass is 9.77. The van der Waals surface area contributed by atoms with Crippen molar-refractivity contribution in [1.82, 2.24) is 0 Å². The molecule has 38 heavy (non-hydrogen) atoms. The molecule has 0 aliphatic rings. The van der Waals surface area contributed by atoms with E-state index in [1.54, 1.807) is 0 Å². The van der Waals surface area contributed by atoms with Crippen molar-refractivity contribution in [3.8, 4) is 0 Å². The lowest BCUT2D eigenvalue weighted by Gasteiger charge is -2.41. The van der Waals surface area contributed by atoms with E-state index in [9.17, 15) is 94.3 Å². The molecular weight excluding hydrogens is 598 g/mol. The van der Waals surface area contributed by atoms with Crippen molar-refractivity contribution in [3.05, 3.63) is 22.8 Å². The van der Waals surface area contributed by atoms with Gasteiger partial charge in [-0.3, -0.25) is 0 Å². The van der Waals surface area contributed by atoms with Crippen LogP contribution in [0.15, 0.2) is 6.07 Å². The Hall–Kier alpha value is -2.56. The summed E-state index contributed by atoms with van der Waals surface area (Å²) in [6.45, 7) is 0. The van der Waals surface area contributed by atoms with E-state index < -0.39 is 88.0 Å². The zero-order valence-corrected chi connectivity index (χ0v) is 16.9. The van der Waals surface area contributed by atoms with Crippen LogP contribution in [0.2, 0.25) is 0 Å². The average molecular weight is 606 g/mol. The van der Waals surface area contributed by atoms with Gasteiger partial charge in [0, 0.05) is 28.1 Å². The van der Waals surface area contributed by atoms with Crippen molar-refractivity contribution in [2.24, 2.45) is 0 Å². The van der Waals surface area contributed by atoms with Crippen LogP contribution in [-0.2, 0) is 16.8 Å². The lowest BCUT2D eigenvalue weighted by molar-refractivity contribution is -0.379. The Morgan fingerprint density at radius 1 is 0.395 bits per heavy atom. The van der Waals surface area contributed by atoms with Gasteiger partial charge in [-0.15, -0.1) is 0 Å². The Morgan fingerprint density at radius 3 is 0.737 bits per heavy atom. The van der Waals surface area contributed by atoms with Gasteiger partial charge in [0.25, 0.3) is 16.8 Å². The van der Waals surface area contributed by atoms with Crippen molar-refractivity contribution in [2.45, 2.75) is 53.9 Å². The number of benzene rings is 1. The number of halogens is 18. The van der Waals surface area contributed by atoms with Crippen LogP contribution in [-0.4, -0.2) is 52.4 Å². The van der Waals surface area contributed by atoms with Crippen LogP contribution in [0.3, 0.4) is 0 Å². The number of aliphatic hydroxyl groups is 3. The largest absolute Gasteiger partial charge is 0.430 e. The highest BCUT2D eigenvalue weighted by Crippen LogP contribution is 2.61. The SMILES string of the molecule is Nc1c(C(O)(C(F)(F)F)C(F)(F)F)cc(C(O)(C(F)(F)F)C(F)(F)F)c(N)c1C(O)(C(F)(F)F)C(F)(F)F. The quantitative estimate of drug-likeness (QED) is 0.251. The number of nitrogen functional groups attached to an aromatic ring is 2. The van der Waals surface area contributed by atoms with Gasteiger partial charge < -0.3 is 26.8 Å². The van der Waals surface area contributed by atoms with Gasteiger partial charge in [-0.25, -0.2) is 0 Å². The molecule has 1 aromatic carbocycles. The highest BCUT2D eigenvalue weighted by Gasteiger charge is 2.78. The van der Waals surface area contributed by atoms with E-state index in [1.165, 1.54) is 0 Å². The van der Waals surface area contributed by atoms with Gasteiger partial charge in [-0.2, -0.15) is 79.0 Å². The van der Waals surface area contributed by atoms with Crippen LogP contribution in [0.1, 0.15) is 16.7 Å². The van der Waals surface area contributed by atoms with Gasteiger partial charge in [0.2, 0.25) is 0 Å². The predicted molar refractivity (Wildman–Crippen MR) is 83.3 cm³/mol. The van der Waals surface area contributed by atoms with Gasteiger partial charge >= 0.3 is 37.1 Å². The Bertz CT molecular complexity index is 956. The van der Waals surface area contributed by atoms with Gasteiger partial charge in [-0.1, -0.05) is 0 Å². The van der Waals surface area contributed by atoms with E-state index in [1.807, 2.05) is 0 Å². The molecule has 0 unspecified atom stereocenters. The minimum atomic E-state index is -7.44. The Labute approximate surface area is 195 Å². The maximum atomic E-state index is 13.3. The van der Waals surface area contributed by atoms with E-state index in [0.717, 1.165) is 0 Å². The van der Waals surface area contributed by atoms with Gasteiger partial charge in [-0.05, 0) is 6.07 Å². The second-order valence-corrected chi connectivity index (χ2v) is 7.29. The summed E-state index contributed by atoms with van der Waals surface area (Å²) in [6.07, 6.45) is -44.5. The number of anilines is 2. The number of nitrogens with two attached hydrogens (primary N) is 2. The minimum Gasteiger partial charge on any atom is -0.398 e. The second kappa shape index (κ2) is 8.47. The zero-order chi connectivity index (χ0) is 31.1. The van der Waals surface area contributed by atoms with E-state index >= 15 is 0 Å². The maximum absolute atomic E-state index is 13.3. The molecule has 0 saturated carbocycles. The third kappa shape index (κ3) is 4.40. The molecule has 0 heterocycles. The summed E-state index contributed by atoms with van der Waals surface area (Å²) in [5.41, 5.74) is -29.8. The van der Waals surface area contributed by atoms with E-state index in [4.69, 9.17) is 0 Å². The Balaban J connectivity index is 4.86. The Kier molecular flexibility index (Phi) is 7.46. The molecule has 0 spiro atoms. The molecule has 0 radical (unpaired) electrons. The molecule has 0 aromatic heterocycles. The van der Waals surface area contributed by atoms with Crippen LogP contribution in [0.4, 0.5) is 90.4 Å². The fourth-order valence-electron chi connectivity index (χ4n) is 3.08. The fraction of sp³-hybridized carbons (Fsp3) is 0.600. The number of hydrogen-bond acceptors (Lipinski definition) is 5. The molecule has 5 nitrogen and oxygen atoms in total. The first-order valence-corrected chi connectivity index (χ1v) is 8.48. The molecule has 23 heteroatoms. The molecule has 0 amide bonds. The molecule has 222 valence electrons. The number of rotatable bonds is 3. The highest BCUT2D eigenvalue weighted by molar-refractivity contribution is 5.74. The molecule has 1 rings (SSSR count). The van der Waals surface area contributed by atoms with Crippen molar-refractivity contribution in [2.75, 3.05) is 11.5 Å². The molecule has 0 aliphatic carbocycles. The maximum Gasteiger partial charge on any atom is 0.430 e. The van der Waals surface area contributed by atoms with Crippen LogP contribution in [0.5, 0.6) is 0 Å². The molecule has 0 atom stereocenters. The summed E-state index contributed by atoms with van der Waals surface area (Å²) in [6, 6.07) is -1.79. The Morgan fingerprint density at radius 2 is 0.579 bits per heavy atom. The first-order valence-electron chi connectivity index (χ1n) is 8.48.